The van der Waals surface area contributed by atoms with Crippen LogP contribution in [0.4, 0.5) is 0 Å². The minimum absolute atomic E-state index is 0.342. The predicted octanol–water partition coefficient (Wildman–Crippen LogP) is 4.84. The van der Waals surface area contributed by atoms with Crippen LogP contribution in [0.25, 0.3) is 11.5 Å². The first kappa shape index (κ1) is 14.6. The van der Waals surface area contributed by atoms with Crippen molar-refractivity contribution in [2.45, 2.75) is 20.0 Å². The average Bonchev–Trinajstić information content (AvgIpc) is 3.02. The second-order valence-corrected chi connectivity index (χ2v) is 5.39. The average molecular weight is 315 g/mol. The Bertz CT molecular complexity index is 771. The van der Waals surface area contributed by atoms with E-state index in [9.17, 15) is 0 Å². The van der Waals surface area contributed by atoms with Crippen LogP contribution in [0.1, 0.15) is 24.5 Å². The van der Waals surface area contributed by atoms with E-state index in [1.807, 2.05) is 62.4 Å². The minimum atomic E-state index is -0.342. The molecule has 1 atom stereocenters. The summed E-state index contributed by atoms with van der Waals surface area (Å²) in [7, 11) is 0. The number of benzene rings is 2. The summed E-state index contributed by atoms with van der Waals surface area (Å²) in [5.41, 5.74) is 1.85. The van der Waals surface area contributed by atoms with Gasteiger partial charge in [0.05, 0.1) is 0 Å². The number of halogens is 1. The Balaban J connectivity index is 1.77. The van der Waals surface area contributed by atoms with Gasteiger partial charge in [-0.3, -0.25) is 0 Å². The monoisotopic (exact) mass is 314 g/mol. The van der Waals surface area contributed by atoms with Crippen molar-refractivity contribution in [3.63, 3.8) is 0 Å². The quantitative estimate of drug-likeness (QED) is 0.691. The van der Waals surface area contributed by atoms with Crippen LogP contribution in [0, 0.1) is 6.92 Å². The van der Waals surface area contributed by atoms with Crippen molar-refractivity contribution >= 4 is 11.6 Å². The van der Waals surface area contributed by atoms with E-state index in [2.05, 4.69) is 10.2 Å². The van der Waals surface area contributed by atoms with Gasteiger partial charge in [0.15, 0.2) is 6.10 Å². The molecule has 0 spiro atoms. The lowest BCUT2D eigenvalue weighted by Crippen LogP contribution is -2.03. The molecule has 0 radical (unpaired) electrons. The highest BCUT2D eigenvalue weighted by Crippen LogP contribution is 2.26. The minimum Gasteiger partial charge on any atom is -0.481 e. The second kappa shape index (κ2) is 6.20. The molecule has 0 saturated carbocycles. The molecule has 3 rings (SSSR count). The van der Waals surface area contributed by atoms with E-state index in [0.717, 1.165) is 11.1 Å². The van der Waals surface area contributed by atoms with Crippen molar-refractivity contribution in [1.29, 1.82) is 0 Å². The maximum absolute atomic E-state index is 6.01. The fourth-order valence-corrected chi connectivity index (χ4v) is 2.16. The van der Waals surface area contributed by atoms with Crippen LogP contribution in [0.2, 0.25) is 5.02 Å². The SMILES string of the molecule is Cc1cc(O[C@@H](C)c2nnc(-c3ccccc3)o2)ccc1Cl. The summed E-state index contributed by atoms with van der Waals surface area (Å²) in [5.74, 6) is 1.64. The van der Waals surface area contributed by atoms with Gasteiger partial charge in [-0.05, 0) is 49.7 Å². The van der Waals surface area contributed by atoms with Gasteiger partial charge < -0.3 is 9.15 Å². The number of nitrogens with zero attached hydrogens (tertiary/aromatic N) is 2. The van der Waals surface area contributed by atoms with E-state index in [4.69, 9.17) is 20.8 Å². The number of aromatic nitrogens is 2. The smallest absolute Gasteiger partial charge is 0.257 e. The van der Waals surface area contributed by atoms with E-state index in [1.54, 1.807) is 0 Å². The van der Waals surface area contributed by atoms with E-state index in [1.165, 1.54) is 0 Å². The Hall–Kier alpha value is -2.33. The largest absolute Gasteiger partial charge is 0.481 e. The first-order valence-corrected chi connectivity index (χ1v) is 7.33. The molecular weight excluding hydrogens is 300 g/mol. The number of rotatable bonds is 4. The molecule has 0 N–H and O–H groups in total. The Morgan fingerprint density at radius 1 is 1.09 bits per heavy atom. The van der Waals surface area contributed by atoms with Gasteiger partial charge in [0, 0.05) is 10.6 Å². The lowest BCUT2D eigenvalue weighted by atomic mass is 10.2. The third-order valence-corrected chi connectivity index (χ3v) is 3.68. The summed E-state index contributed by atoms with van der Waals surface area (Å²) >= 11 is 6.01. The molecule has 2 aromatic carbocycles. The summed E-state index contributed by atoms with van der Waals surface area (Å²) < 4.78 is 11.5. The van der Waals surface area contributed by atoms with Crippen LogP contribution in [0.5, 0.6) is 5.75 Å². The first-order chi connectivity index (χ1) is 10.6. The third-order valence-electron chi connectivity index (χ3n) is 3.25. The molecule has 0 aliphatic heterocycles. The van der Waals surface area contributed by atoms with Crippen LogP contribution in [-0.4, -0.2) is 10.2 Å². The van der Waals surface area contributed by atoms with E-state index >= 15 is 0 Å². The molecule has 1 aromatic heterocycles. The zero-order chi connectivity index (χ0) is 15.5. The van der Waals surface area contributed by atoms with Crippen molar-refractivity contribution in [3.05, 3.63) is 65.0 Å². The van der Waals surface area contributed by atoms with Gasteiger partial charge in [0.2, 0.25) is 5.89 Å². The zero-order valence-corrected chi connectivity index (χ0v) is 13.0. The number of ether oxygens (including phenoxy) is 1. The molecule has 112 valence electrons. The molecule has 0 aliphatic carbocycles. The Labute approximate surface area is 133 Å². The highest BCUT2D eigenvalue weighted by atomic mass is 35.5. The van der Waals surface area contributed by atoms with Gasteiger partial charge in [-0.2, -0.15) is 0 Å². The van der Waals surface area contributed by atoms with Crippen molar-refractivity contribution in [1.82, 2.24) is 10.2 Å². The summed E-state index contributed by atoms with van der Waals surface area (Å²) in [5, 5.41) is 8.84. The lowest BCUT2D eigenvalue weighted by molar-refractivity contribution is 0.189. The molecular formula is C17H15ClN2O2. The maximum atomic E-state index is 6.01. The molecule has 22 heavy (non-hydrogen) atoms. The topological polar surface area (TPSA) is 48.2 Å². The van der Waals surface area contributed by atoms with Crippen molar-refractivity contribution in [2.24, 2.45) is 0 Å². The third kappa shape index (κ3) is 3.12. The van der Waals surface area contributed by atoms with Crippen LogP contribution >= 0.6 is 11.6 Å². The van der Waals surface area contributed by atoms with Crippen molar-refractivity contribution < 1.29 is 9.15 Å². The number of hydrogen-bond donors (Lipinski definition) is 0. The van der Waals surface area contributed by atoms with E-state index < -0.39 is 0 Å². The zero-order valence-electron chi connectivity index (χ0n) is 12.3. The highest BCUT2D eigenvalue weighted by Gasteiger charge is 2.16. The van der Waals surface area contributed by atoms with Crippen molar-refractivity contribution in [3.8, 4) is 17.2 Å². The standard InChI is InChI=1S/C17H15ClN2O2/c1-11-10-14(8-9-15(11)18)21-12(2)16-19-20-17(22-16)13-6-4-3-5-7-13/h3-10,12H,1-2H3/t12-/m0/s1. The molecule has 1 heterocycles. The first-order valence-electron chi connectivity index (χ1n) is 6.95. The Morgan fingerprint density at radius 2 is 1.86 bits per heavy atom. The maximum Gasteiger partial charge on any atom is 0.257 e. The highest BCUT2D eigenvalue weighted by molar-refractivity contribution is 6.31. The summed E-state index contributed by atoms with van der Waals surface area (Å²) in [6.45, 7) is 3.80. The molecule has 0 amide bonds. The molecule has 0 saturated heterocycles. The van der Waals surface area contributed by atoms with Crippen LogP contribution in [0.3, 0.4) is 0 Å². The normalized spacial score (nSPS) is 12.1. The van der Waals surface area contributed by atoms with Gasteiger partial charge in [-0.15, -0.1) is 10.2 Å². The molecule has 5 heteroatoms. The van der Waals surface area contributed by atoms with E-state index in [-0.39, 0.29) is 6.10 Å². The predicted molar refractivity (Wildman–Crippen MR) is 85.0 cm³/mol. The fourth-order valence-electron chi connectivity index (χ4n) is 2.04. The summed E-state index contributed by atoms with van der Waals surface area (Å²) in [6, 6.07) is 15.1. The number of aryl methyl sites for hydroxylation is 1. The molecule has 3 aromatic rings. The Kier molecular flexibility index (Phi) is 4.11. The molecule has 0 unspecified atom stereocenters. The molecule has 0 fully saturated rings. The fraction of sp³-hybridized carbons (Fsp3) is 0.176. The molecule has 0 aliphatic rings. The summed E-state index contributed by atoms with van der Waals surface area (Å²) in [6.07, 6.45) is -0.342. The lowest BCUT2D eigenvalue weighted by Gasteiger charge is -2.11. The molecule has 0 bridgehead atoms. The van der Waals surface area contributed by atoms with Gasteiger partial charge in [0.25, 0.3) is 5.89 Å². The van der Waals surface area contributed by atoms with Gasteiger partial charge in [-0.25, -0.2) is 0 Å². The van der Waals surface area contributed by atoms with E-state index in [0.29, 0.717) is 22.6 Å². The van der Waals surface area contributed by atoms with Gasteiger partial charge in [-0.1, -0.05) is 29.8 Å². The van der Waals surface area contributed by atoms with Crippen LogP contribution in [0.15, 0.2) is 52.9 Å². The van der Waals surface area contributed by atoms with Crippen LogP contribution < -0.4 is 4.74 Å². The van der Waals surface area contributed by atoms with Crippen molar-refractivity contribution in [2.75, 3.05) is 0 Å². The van der Waals surface area contributed by atoms with Crippen LogP contribution in [-0.2, 0) is 0 Å². The summed E-state index contributed by atoms with van der Waals surface area (Å²) in [4.78, 5) is 0. The second-order valence-electron chi connectivity index (χ2n) is 4.98. The molecule has 4 nitrogen and oxygen atoms in total. The Morgan fingerprint density at radius 3 is 2.59 bits per heavy atom. The van der Waals surface area contributed by atoms with Gasteiger partial charge in [0.1, 0.15) is 5.75 Å². The van der Waals surface area contributed by atoms with Gasteiger partial charge >= 0.3 is 0 Å². The number of hydrogen-bond acceptors (Lipinski definition) is 4.